The van der Waals surface area contributed by atoms with Crippen molar-refractivity contribution in [1.29, 1.82) is 0 Å². The fraction of sp³-hybridized carbons (Fsp3) is 0.462. The molecule has 0 radical (unpaired) electrons. The van der Waals surface area contributed by atoms with Crippen molar-refractivity contribution in [2.24, 2.45) is 7.05 Å². The number of nitrogens with one attached hydrogen (secondary N) is 1. The molecule has 0 atom stereocenters. The highest BCUT2D eigenvalue weighted by molar-refractivity contribution is 6.30. The van der Waals surface area contributed by atoms with Gasteiger partial charge in [0, 0.05) is 25.2 Å². The van der Waals surface area contributed by atoms with Gasteiger partial charge in [-0.25, -0.2) is 4.68 Å². The molecule has 0 aromatic carbocycles. The zero-order valence-corrected chi connectivity index (χ0v) is 12.2. The third-order valence-electron chi connectivity index (χ3n) is 3.56. The quantitative estimate of drug-likeness (QED) is 0.908. The third kappa shape index (κ3) is 2.20. The van der Waals surface area contributed by atoms with Crippen LogP contribution in [-0.4, -0.2) is 26.1 Å². The van der Waals surface area contributed by atoms with Crippen molar-refractivity contribution in [3.05, 3.63) is 38.5 Å². The number of hydrogen-bond donors (Lipinski definition) is 1. The maximum Gasteiger partial charge on any atom is 0.269 e. The minimum atomic E-state index is -0.127. The summed E-state index contributed by atoms with van der Waals surface area (Å²) in [6.07, 6.45) is 1.92. The van der Waals surface area contributed by atoms with Gasteiger partial charge >= 0.3 is 0 Å². The number of aryl methyl sites for hydroxylation is 3. The van der Waals surface area contributed by atoms with E-state index in [2.05, 4.69) is 15.5 Å². The Hall–Kier alpha value is -1.82. The van der Waals surface area contributed by atoms with E-state index in [1.165, 1.54) is 4.68 Å². The first-order valence-corrected chi connectivity index (χ1v) is 6.97. The van der Waals surface area contributed by atoms with E-state index in [-0.39, 0.29) is 5.56 Å². The smallest absolute Gasteiger partial charge is 0.269 e. The molecule has 6 nitrogen and oxygen atoms in total. The Balaban J connectivity index is 2.00. The highest BCUT2D eigenvalue weighted by Gasteiger charge is 2.16. The fourth-order valence-corrected chi connectivity index (χ4v) is 2.70. The van der Waals surface area contributed by atoms with E-state index in [9.17, 15) is 4.79 Å². The van der Waals surface area contributed by atoms with Crippen LogP contribution in [0.4, 0.5) is 5.69 Å². The molecule has 1 aliphatic rings. The SMILES string of the molecule is Cc1nn(C)c(Cl)c1Cn1nc2c(cc1=O)NCCC2. The first-order valence-electron chi connectivity index (χ1n) is 6.59. The van der Waals surface area contributed by atoms with Crippen molar-refractivity contribution >= 4 is 17.3 Å². The Labute approximate surface area is 121 Å². The number of aromatic nitrogens is 4. The summed E-state index contributed by atoms with van der Waals surface area (Å²) < 4.78 is 3.07. The maximum atomic E-state index is 12.1. The maximum absolute atomic E-state index is 12.1. The Morgan fingerprint density at radius 3 is 2.95 bits per heavy atom. The summed E-state index contributed by atoms with van der Waals surface area (Å²) in [5.74, 6) is 0. The summed E-state index contributed by atoms with van der Waals surface area (Å²) in [5.41, 5.74) is 3.33. The zero-order valence-electron chi connectivity index (χ0n) is 11.5. The molecule has 0 fully saturated rings. The molecule has 0 spiro atoms. The molecule has 0 bridgehead atoms. The van der Waals surface area contributed by atoms with Gasteiger partial charge in [0.05, 0.1) is 23.6 Å². The summed E-state index contributed by atoms with van der Waals surface area (Å²) in [7, 11) is 1.78. The lowest BCUT2D eigenvalue weighted by Crippen LogP contribution is -2.27. The van der Waals surface area contributed by atoms with Crippen LogP contribution in [0.15, 0.2) is 10.9 Å². The van der Waals surface area contributed by atoms with Crippen LogP contribution >= 0.6 is 11.6 Å². The van der Waals surface area contributed by atoms with Crippen molar-refractivity contribution in [3.63, 3.8) is 0 Å². The molecule has 0 aliphatic carbocycles. The summed E-state index contributed by atoms with van der Waals surface area (Å²) in [4.78, 5) is 12.1. The van der Waals surface area contributed by atoms with Crippen LogP contribution in [0.5, 0.6) is 0 Å². The monoisotopic (exact) mass is 293 g/mol. The van der Waals surface area contributed by atoms with Gasteiger partial charge in [-0.15, -0.1) is 0 Å². The number of halogens is 1. The van der Waals surface area contributed by atoms with Crippen LogP contribution in [0.1, 0.15) is 23.4 Å². The van der Waals surface area contributed by atoms with Crippen LogP contribution in [0.3, 0.4) is 0 Å². The predicted octanol–water partition coefficient (Wildman–Crippen LogP) is 1.35. The second-order valence-corrected chi connectivity index (χ2v) is 5.37. The van der Waals surface area contributed by atoms with Gasteiger partial charge in [-0.3, -0.25) is 9.48 Å². The van der Waals surface area contributed by atoms with Gasteiger partial charge in [-0.2, -0.15) is 10.2 Å². The Morgan fingerprint density at radius 2 is 2.25 bits per heavy atom. The molecule has 0 unspecified atom stereocenters. The average molecular weight is 294 g/mol. The molecule has 0 saturated heterocycles. The minimum Gasteiger partial charge on any atom is -0.383 e. The van der Waals surface area contributed by atoms with Gasteiger partial charge in [-0.1, -0.05) is 11.6 Å². The molecular weight excluding hydrogens is 278 g/mol. The van der Waals surface area contributed by atoms with Crippen molar-refractivity contribution < 1.29 is 0 Å². The standard InChI is InChI=1S/C13H16ClN5O/c1-8-9(13(14)18(2)16-8)7-19-12(20)6-11-10(17-19)4-3-5-15-11/h6,15H,3-5,7H2,1-2H3. The Kier molecular flexibility index (Phi) is 3.25. The van der Waals surface area contributed by atoms with Crippen molar-refractivity contribution in [3.8, 4) is 0 Å². The van der Waals surface area contributed by atoms with Crippen LogP contribution < -0.4 is 10.9 Å². The van der Waals surface area contributed by atoms with E-state index in [4.69, 9.17) is 11.6 Å². The first kappa shape index (κ1) is 13.2. The number of anilines is 1. The highest BCUT2D eigenvalue weighted by Crippen LogP contribution is 2.20. The van der Waals surface area contributed by atoms with E-state index in [1.54, 1.807) is 17.8 Å². The van der Waals surface area contributed by atoms with Crippen LogP contribution in [0, 0.1) is 6.92 Å². The van der Waals surface area contributed by atoms with Crippen molar-refractivity contribution in [2.45, 2.75) is 26.3 Å². The molecule has 7 heteroatoms. The van der Waals surface area contributed by atoms with Crippen molar-refractivity contribution in [1.82, 2.24) is 19.6 Å². The van der Waals surface area contributed by atoms with E-state index in [0.29, 0.717) is 11.7 Å². The number of fused-ring (bicyclic) bond motifs is 1. The molecule has 2 aromatic rings. The van der Waals surface area contributed by atoms with Crippen LogP contribution in [-0.2, 0) is 20.0 Å². The predicted molar refractivity (Wildman–Crippen MR) is 77.4 cm³/mol. The van der Waals surface area contributed by atoms with E-state index < -0.39 is 0 Å². The molecule has 1 N–H and O–H groups in total. The van der Waals surface area contributed by atoms with Gasteiger partial charge in [-0.05, 0) is 19.8 Å². The zero-order chi connectivity index (χ0) is 14.3. The molecule has 1 aliphatic heterocycles. The highest BCUT2D eigenvalue weighted by atomic mass is 35.5. The third-order valence-corrected chi connectivity index (χ3v) is 4.03. The van der Waals surface area contributed by atoms with Gasteiger partial charge < -0.3 is 5.32 Å². The second kappa shape index (κ2) is 4.94. The summed E-state index contributed by atoms with van der Waals surface area (Å²) in [6, 6.07) is 1.61. The van der Waals surface area contributed by atoms with Crippen molar-refractivity contribution in [2.75, 3.05) is 11.9 Å². The number of hydrogen-bond acceptors (Lipinski definition) is 4. The molecule has 106 valence electrons. The summed E-state index contributed by atoms with van der Waals surface area (Å²) >= 11 is 6.20. The molecule has 2 aromatic heterocycles. The topological polar surface area (TPSA) is 64.7 Å². The summed E-state index contributed by atoms with van der Waals surface area (Å²) in [6.45, 7) is 3.13. The van der Waals surface area contributed by atoms with Gasteiger partial charge in [0.2, 0.25) is 0 Å². The van der Waals surface area contributed by atoms with Gasteiger partial charge in [0.15, 0.2) is 0 Å². The molecule has 3 rings (SSSR count). The van der Waals surface area contributed by atoms with E-state index in [1.807, 2.05) is 6.92 Å². The Bertz CT molecular complexity index is 718. The lowest BCUT2D eigenvalue weighted by molar-refractivity contribution is 0.606. The molecule has 0 amide bonds. The fourth-order valence-electron chi connectivity index (χ4n) is 2.46. The number of rotatable bonds is 2. The molecular formula is C13H16ClN5O. The van der Waals surface area contributed by atoms with Gasteiger partial charge in [0.1, 0.15) is 5.15 Å². The normalized spacial score (nSPS) is 13.9. The molecule has 3 heterocycles. The largest absolute Gasteiger partial charge is 0.383 e. The lowest BCUT2D eigenvalue weighted by Gasteiger charge is -2.17. The Morgan fingerprint density at radius 1 is 1.45 bits per heavy atom. The second-order valence-electron chi connectivity index (χ2n) is 5.01. The van der Waals surface area contributed by atoms with E-state index >= 15 is 0 Å². The van der Waals surface area contributed by atoms with E-state index in [0.717, 1.165) is 42.0 Å². The lowest BCUT2D eigenvalue weighted by atomic mass is 10.1. The average Bonchev–Trinajstić information content (AvgIpc) is 2.66. The van der Waals surface area contributed by atoms with Crippen LogP contribution in [0.25, 0.3) is 0 Å². The minimum absolute atomic E-state index is 0.127. The first-order chi connectivity index (χ1) is 9.56. The van der Waals surface area contributed by atoms with Gasteiger partial charge in [0.25, 0.3) is 5.56 Å². The molecule has 0 saturated carbocycles. The number of nitrogens with zero attached hydrogens (tertiary/aromatic N) is 4. The molecule has 20 heavy (non-hydrogen) atoms. The summed E-state index contributed by atoms with van der Waals surface area (Å²) in [5, 5.41) is 12.4. The van der Waals surface area contributed by atoms with Crippen LogP contribution in [0.2, 0.25) is 5.15 Å².